The Hall–Kier alpha value is -1.51. The number of carbonyl (C=O) groups excluding carboxylic acids is 1. The van der Waals surface area contributed by atoms with Gasteiger partial charge in [-0.05, 0) is 31.0 Å². The zero-order valence-corrected chi connectivity index (χ0v) is 16.6. The van der Waals surface area contributed by atoms with Crippen LogP contribution < -0.4 is 15.4 Å². The molecule has 0 radical (unpaired) electrons. The van der Waals surface area contributed by atoms with Crippen LogP contribution in [0.4, 0.5) is 0 Å². The lowest BCUT2D eigenvalue weighted by atomic mass is 10.1. The van der Waals surface area contributed by atoms with Gasteiger partial charge in [-0.1, -0.05) is 13.0 Å². The predicted octanol–water partition coefficient (Wildman–Crippen LogP) is 2.56. The van der Waals surface area contributed by atoms with Gasteiger partial charge < -0.3 is 20.1 Å². The van der Waals surface area contributed by atoms with Gasteiger partial charge in [-0.3, -0.25) is 4.99 Å². The third-order valence-electron chi connectivity index (χ3n) is 3.35. The molecule has 0 bridgehead atoms. The molecule has 2 N–H and O–H groups in total. The molecule has 1 rings (SSSR count). The Kier molecular flexibility index (Phi) is 10.4. The summed E-state index contributed by atoms with van der Waals surface area (Å²) < 4.78 is 9.98. The van der Waals surface area contributed by atoms with Crippen LogP contribution in [-0.4, -0.2) is 39.2 Å². The average molecular weight is 435 g/mol. The highest BCUT2D eigenvalue weighted by Gasteiger charge is 2.13. The molecule has 6 nitrogen and oxygen atoms in total. The lowest BCUT2D eigenvalue weighted by Gasteiger charge is -2.17. The number of guanidine groups is 1. The minimum atomic E-state index is -0.411. The Bertz CT molecular complexity index is 535. The van der Waals surface area contributed by atoms with Gasteiger partial charge in [0.2, 0.25) is 0 Å². The minimum Gasteiger partial charge on any atom is -0.496 e. The highest BCUT2D eigenvalue weighted by Crippen LogP contribution is 2.21. The van der Waals surface area contributed by atoms with E-state index in [9.17, 15) is 4.79 Å². The third-order valence-corrected chi connectivity index (χ3v) is 3.35. The maximum absolute atomic E-state index is 11.6. The molecular formula is C16H26IN3O3. The summed E-state index contributed by atoms with van der Waals surface area (Å²) in [5, 5.41) is 6.52. The van der Waals surface area contributed by atoms with Crippen LogP contribution in [0.2, 0.25) is 0 Å². The fourth-order valence-corrected chi connectivity index (χ4v) is 1.84. The summed E-state index contributed by atoms with van der Waals surface area (Å²) in [4.78, 5) is 15.8. The SMILES string of the molecule is CCC(C)NC(=NC)NCc1ccc(C(=O)OC)c(OC)c1.I. The van der Waals surface area contributed by atoms with Crippen molar-refractivity contribution < 1.29 is 14.3 Å². The second kappa shape index (κ2) is 11.1. The molecule has 1 aromatic rings. The summed E-state index contributed by atoms with van der Waals surface area (Å²) >= 11 is 0. The molecule has 0 aliphatic carbocycles. The first kappa shape index (κ1) is 21.5. The van der Waals surface area contributed by atoms with Crippen molar-refractivity contribution in [1.29, 1.82) is 0 Å². The fraction of sp³-hybridized carbons (Fsp3) is 0.500. The molecule has 23 heavy (non-hydrogen) atoms. The van der Waals surface area contributed by atoms with E-state index in [1.54, 1.807) is 13.1 Å². The number of esters is 1. The van der Waals surface area contributed by atoms with Gasteiger partial charge in [-0.25, -0.2) is 4.79 Å². The first-order valence-electron chi connectivity index (χ1n) is 7.28. The molecule has 0 fully saturated rings. The van der Waals surface area contributed by atoms with E-state index in [2.05, 4.69) is 29.5 Å². The number of carbonyl (C=O) groups is 1. The van der Waals surface area contributed by atoms with Gasteiger partial charge in [0.1, 0.15) is 11.3 Å². The summed E-state index contributed by atoms with van der Waals surface area (Å²) in [6.45, 7) is 4.79. The first-order valence-corrected chi connectivity index (χ1v) is 7.28. The van der Waals surface area contributed by atoms with Crippen LogP contribution in [0.25, 0.3) is 0 Å². The van der Waals surface area contributed by atoms with Gasteiger partial charge in [0.05, 0.1) is 14.2 Å². The largest absolute Gasteiger partial charge is 0.496 e. The van der Waals surface area contributed by atoms with Crippen LogP contribution in [0, 0.1) is 0 Å². The van der Waals surface area contributed by atoms with Gasteiger partial charge in [0.15, 0.2) is 5.96 Å². The van der Waals surface area contributed by atoms with Crippen LogP contribution in [0.3, 0.4) is 0 Å². The molecule has 0 aliphatic heterocycles. The van der Waals surface area contributed by atoms with E-state index in [0.717, 1.165) is 17.9 Å². The first-order chi connectivity index (χ1) is 10.5. The van der Waals surface area contributed by atoms with Crippen molar-refractivity contribution in [3.63, 3.8) is 0 Å². The molecule has 0 amide bonds. The topological polar surface area (TPSA) is 72.0 Å². The van der Waals surface area contributed by atoms with Crippen LogP contribution in [0.5, 0.6) is 5.75 Å². The Morgan fingerprint density at radius 1 is 1.35 bits per heavy atom. The highest BCUT2D eigenvalue weighted by atomic mass is 127. The standard InChI is InChI=1S/C16H25N3O3.HI/c1-6-11(2)19-16(17-3)18-10-12-7-8-13(15(20)22-5)14(9-12)21-4;/h7-9,11H,6,10H2,1-5H3,(H2,17,18,19);1H. The summed E-state index contributed by atoms with van der Waals surface area (Å²) in [6.07, 6.45) is 1.02. The number of rotatable bonds is 6. The quantitative estimate of drug-likeness (QED) is 0.311. The lowest BCUT2D eigenvalue weighted by molar-refractivity contribution is 0.0597. The average Bonchev–Trinajstić information content (AvgIpc) is 2.57. The number of halogens is 1. The van der Waals surface area contributed by atoms with Crippen LogP contribution in [0.15, 0.2) is 23.2 Å². The molecule has 1 atom stereocenters. The maximum Gasteiger partial charge on any atom is 0.341 e. The second-order valence-corrected chi connectivity index (χ2v) is 4.91. The lowest BCUT2D eigenvalue weighted by Crippen LogP contribution is -2.41. The normalized spacial score (nSPS) is 12.0. The second-order valence-electron chi connectivity index (χ2n) is 4.91. The number of methoxy groups -OCH3 is 2. The van der Waals surface area contributed by atoms with Crippen LogP contribution in [-0.2, 0) is 11.3 Å². The Labute approximate surface area is 155 Å². The van der Waals surface area contributed by atoms with Crippen molar-refractivity contribution in [1.82, 2.24) is 10.6 Å². The number of benzene rings is 1. The molecule has 7 heteroatoms. The van der Waals surface area contributed by atoms with Crippen molar-refractivity contribution in [2.75, 3.05) is 21.3 Å². The van der Waals surface area contributed by atoms with E-state index in [4.69, 9.17) is 9.47 Å². The molecule has 0 aromatic heterocycles. The van der Waals surface area contributed by atoms with E-state index in [1.807, 2.05) is 12.1 Å². The minimum absolute atomic E-state index is 0. The molecule has 1 unspecified atom stereocenters. The van der Waals surface area contributed by atoms with E-state index in [1.165, 1.54) is 14.2 Å². The van der Waals surface area contributed by atoms with E-state index >= 15 is 0 Å². The van der Waals surface area contributed by atoms with Crippen molar-refractivity contribution in [2.45, 2.75) is 32.9 Å². The Morgan fingerprint density at radius 2 is 2.04 bits per heavy atom. The fourth-order valence-electron chi connectivity index (χ4n) is 1.84. The van der Waals surface area contributed by atoms with Gasteiger partial charge in [-0.15, -0.1) is 24.0 Å². The monoisotopic (exact) mass is 435 g/mol. The Morgan fingerprint density at radius 3 is 2.57 bits per heavy atom. The van der Waals surface area contributed by atoms with Gasteiger partial charge in [0.25, 0.3) is 0 Å². The molecule has 0 aliphatic rings. The van der Waals surface area contributed by atoms with Crippen molar-refractivity contribution in [3.05, 3.63) is 29.3 Å². The molecule has 0 heterocycles. The molecule has 1 aromatic carbocycles. The molecular weight excluding hydrogens is 409 g/mol. The number of nitrogens with one attached hydrogen (secondary N) is 2. The predicted molar refractivity (Wildman–Crippen MR) is 103 cm³/mol. The molecule has 0 saturated heterocycles. The molecule has 130 valence electrons. The zero-order chi connectivity index (χ0) is 16.5. The van der Waals surface area contributed by atoms with Crippen LogP contribution in [0.1, 0.15) is 36.2 Å². The van der Waals surface area contributed by atoms with E-state index in [0.29, 0.717) is 23.9 Å². The van der Waals surface area contributed by atoms with Crippen molar-refractivity contribution in [2.24, 2.45) is 4.99 Å². The van der Waals surface area contributed by atoms with E-state index in [-0.39, 0.29) is 24.0 Å². The van der Waals surface area contributed by atoms with Crippen LogP contribution >= 0.6 is 24.0 Å². The molecule has 0 spiro atoms. The van der Waals surface area contributed by atoms with Crippen molar-refractivity contribution >= 4 is 35.9 Å². The third kappa shape index (κ3) is 6.64. The smallest absolute Gasteiger partial charge is 0.341 e. The summed E-state index contributed by atoms with van der Waals surface area (Å²) in [7, 11) is 4.61. The summed E-state index contributed by atoms with van der Waals surface area (Å²) in [5.41, 5.74) is 1.40. The van der Waals surface area contributed by atoms with Gasteiger partial charge in [0, 0.05) is 19.6 Å². The summed E-state index contributed by atoms with van der Waals surface area (Å²) in [6, 6.07) is 5.73. The maximum atomic E-state index is 11.6. The van der Waals surface area contributed by atoms with Crippen molar-refractivity contribution in [3.8, 4) is 5.75 Å². The number of ether oxygens (including phenoxy) is 2. The Balaban J connectivity index is 0.00000484. The number of hydrogen-bond acceptors (Lipinski definition) is 4. The molecule has 0 saturated carbocycles. The van der Waals surface area contributed by atoms with Gasteiger partial charge >= 0.3 is 5.97 Å². The number of hydrogen-bond donors (Lipinski definition) is 2. The highest BCUT2D eigenvalue weighted by molar-refractivity contribution is 14.0. The summed E-state index contributed by atoms with van der Waals surface area (Å²) in [5.74, 6) is 0.826. The number of aliphatic imine (C=N–C) groups is 1. The van der Waals surface area contributed by atoms with E-state index < -0.39 is 5.97 Å². The number of nitrogens with zero attached hydrogens (tertiary/aromatic N) is 1. The van der Waals surface area contributed by atoms with Gasteiger partial charge in [-0.2, -0.15) is 0 Å². The zero-order valence-electron chi connectivity index (χ0n) is 14.3.